The number of amides is 1. The SMILES string of the molecule is COc1ccc(NC(=O)c2cccc3ccccc23)cc1OCCN(C)C. The van der Waals surface area contributed by atoms with Crippen LogP contribution >= 0.6 is 0 Å². The fraction of sp³-hybridized carbons (Fsp3) is 0.227. The van der Waals surface area contributed by atoms with E-state index >= 15 is 0 Å². The van der Waals surface area contributed by atoms with E-state index in [1.54, 1.807) is 25.3 Å². The molecule has 0 radical (unpaired) electrons. The van der Waals surface area contributed by atoms with Crippen LogP contribution in [-0.4, -0.2) is 45.2 Å². The van der Waals surface area contributed by atoms with Crippen LogP contribution in [0.3, 0.4) is 0 Å². The summed E-state index contributed by atoms with van der Waals surface area (Å²) in [5.74, 6) is 1.09. The molecule has 0 aliphatic heterocycles. The molecule has 5 nitrogen and oxygen atoms in total. The third-order valence-electron chi connectivity index (χ3n) is 4.25. The largest absolute Gasteiger partial charge is 0.493 e. The number of anilines is 1. The van der Waals surface area contributed by atoms with E-state index in [0.717, 1.165) is 17.3 Å². The van der Waals surface area contributed by atoms with Crippen molar-refractivity contribution in [2.24, 2.45) is 0 Å². The Balaban J connectivity index is 1.81. The van der Waals surface area contributed by atoms with Crippen LogP contribution in [0.1, 0.15) is 10.4 Å². The first-order valence-corrected chi connectivity index (χ1v) is 8.83. The second-order valence-corrected chi connectivity index (χ2v) is 6.50. The predicted octanol–water partition coefficient (Wildman–Crippen LogP) is 4.04. The Bertz CT molecular complexity index is 932. The van der Waals surface area contributed by atoms with Gasteiger partial charge < -0.3 is 19.7 Å². The summed E-state index contributed by atoms with van der Waals surface area (Å²) in [6, 6.07) is 19.0. The van der Waals surface area contributed by atoms with Crippen LogP contribution in [0, 0.1) is 0 Å². The van der Waals surface area contributed by atoms with Gasteiger partial charge in [-0.05, 0) is 43.1 Å². The van der Waals surface area contributed by atoms with E-state index in [1.807, 2.05) is 61.5 Å². The molecule has 1 N–H and O–H groups in total. The summed E-state index contributed by atoms with van der Waals surface area (Å²) in [5.41, 5.74) is 1.30. The fourth-order valence-corrected chi connectivity index (χ4v) is 2.83. The van der Waals surface area contributed by atoms with Gasteiger partial charge in [0, 0.05) is 23.9 Å². The Labute approximate surface area is 159 Å². The van der Waals surface area contributed by atoms with Gasteiger partial charge in [0.1, 0.15) is 6.61 Å². The number of hydrogen-bond donors (Lipinski definition) is 1. The maximum atomic E-state index is 12.8. The standard InChI is InChI=1S/C22H24N2O3/c1-24(2)13-14-27-21-15-17(11-12-20(21)26-3)23-22(25)19-10-6-8-16-7-4-5-9-18(16)19/h4-12,15H,13-14H2,1-3H3,(H,23,25). The second kappa shape index (κ2) is 8.56. The number of rotatable bonds is 7. The van der Waals surface area contributed by atoms with Crippen molar-refractivity contribution in [3.63, 3.8) is 0 Å². The fourth-order valence-electron chi connectivity index (χ4n) is 2.83. The zero-order valence-electron chi connectivity index (χ0n) is 15.9. The normalized spacial score (nSPS) is 10.8. The van der Waals surface area contributed by atoms with Crippen LogP contribution in [0.2, 0.25) is 0 Å². The molecule has 0 unspecified atom stereocenters. The molecular weight excluding hydrogens is 340 g/mol. The summed E-state index contributed by atoms with van der Waals surface area (Å²) in [6.45, 7) is 1.32. The van der Waals surface area contributed by atoms with Gasteiger partial charge in [0.2, 0.25) is 0 Å². The van der Waals surface area contributed by atoms with Crippen LogP contribution in [0.15, 0.2) is 60.7 Å². The van der Waals surface area contributed by atoms with Crippen molar-refractivity contribution in [2.45, 2.75) is 0 Å². The maximum Gasteiger partial charge on any atom is 0.256 e. The van der Waals surface area contributed by atoms with E-state index in [2.05, 4.69) is 5.32 Å². The third-order valence-corrected chi connectivity index (χ3v) is 4.25. The summed E-state index contributed by atoms with van der Waals surface area (Å²) < 4.78 is 11.2. The number of nitrogens with one attached hydrogen (secondary N) is 1. The number of fused-ring (bicyclic) bond motifs is 1. The lowest BCUT2D eigenvalue weighted by atomic mass is 10.0. The predicted molar refractivity (Wildman–Crippen MR) is 109 cm³/mol. The Kier molecular flexibility index (Phi) is 5.94. The molecular formula is C22H24N2O3. The molecule has 140 valence electrons. The van der Waals surface area contributed by atoms with Crippen LogP contribution in [0.4, 0.5) is 5.69 Å². The number of ether oxygens (including phenoxy) is 2. The highest BCUT2D eigenvalue weighted by Crippen LogP contribution is 2.30. The van der Waals surface area contributed by atoms with Crippen molar-refractivity contribution in [3.8, 4) is 11.5 Å². The Morgan fingerprint density at radius 1 is 1.00 bits per heavy atom. The molecule has 0 spiro atoms. The molecule has 3 aromatic carbocycles. The van der Waals surface area contributed by atoms with E-state index in [1.165, 1.54) is 0 Å². The first-order chi connectivity index (χ1) is 13.1. The van der Waals surface area contributed by atoms with Gasteiger partial charge in [0.25, 0.3) is 5.91 Å². The molecule has 1 amide bonds. The van der Waals surface area contributed by atoms with Gasteiger partial charge in [-0.2, -0.15) is 0 Å². The van der Waals surface area contributed by atoms with Gasteiger partial charge in [-0.25, -0.2) is 0 Å². The molecule has 27 heavy (non-hydrogen) atoms. The molecule has 3 aromatic rings. The van der Waals surface area contributed by atoms with Gasteiger partial charge in [-0.1, -0.05) is 36.4 Å². The quantitative estimate of drug-likeness (QED) is 0.687. The lowest BCUT2D eigenvalue weighted by molar-refractivity contribution is 0.102. The first kappa shape index (κ1) is 18.7. The number of carbonyl (C=O) groups is 1. The average Bonchev–Trinajstić information content (AvgIpc) is 2.67. The van der Waals surface area contributed by atoms with Crippen molar-refractivity contribution >= 4 is 22.4 Å². The van der Waals surface area contributed by atoms with Crippen molar-refractivity contribution < 1.29 is 14.3 Å². The van der Waals surface area contributed by atoms with Crippen LogP contribution in [-0.2, 0) is 0 Å². The van der Waals surface area contributed by atoms with Gasteiger partial charge in [-0.3, -0.25) is 4.79 Å². The molecule has 0 aliphatic carbocycles. The van der Waals surface area contributed by atoms with Gasteiger partial charge in [-0.15, -0.1) is 0 Å². The van der Waals surface area contributed by atoms with E-state index in [9.17, 15) is 4.79 Å². The molecule has 0 atom stereocenters. The van der Waals surface area contributed by atoms with E-state index < -0.39 is 0 Å². The summed E-state index contributed by atoms with van der Waals surface area (Å²) in [4.78, 5) is 14.8. The molecule has 0 aliphatic rings. The molecule has 0 bridgehead atoms. The second-order valence-electron chi connectivity index (χ2n) is 6.50. The van der Waals surface area contributed by atoms with Crippen molar-refractivity contribution in [1.82, 2.24) is 4.90 Å². The summed E-state index contributed by atoms with van der Waals surface area (Å²) >= 11 is 0. The van der Waals surface area contributed by atoms with Crippen molar-refractivity contribution in [3.05, 3.63) is 66.2 Å². The molecule has 0 aromatic heterocycles. The zero-order valence-corrected chi connectivity index (χ0v) is 15.9. The summed E-state index contributed by atoms with van der Waals surface area (Å²) in [7, 11) is 5.57. The lowest BCUT2D eigenvalue weighted by Crippen LogP contribution is -2.19. The summed E-state index contributed by atoms with van der Waals surface area (Å²) in [5, 5.41) is 4.92. The number of likely N-dealkylation sites (N-methyl/N-ethyl adjacent to an activating group) is 1. The van der Waals surface area contributed by atoms with Gasteiger partial charge >= 0.3 is 0 Å². The Morgan fingerprint density at radius 3 is 2.56 bits per heavy atom. The molecule has 5 heteroatoms. The third kappa shape index (κ3) is 4.57. The van der Waals surface area contributed by atoms with E-state index in [-0.39, 0.29) is 5.91 Å². The topological polar surface area (TPSA) is 50.8 Å². The highest BCUT2D eigenvalue weighted by molar-refractivity contribution is 6.13. The number of benzene rings is 3. The Morgan fingerprint density at radius 2 is 1.78 bits per heavy atom. The van der Waals surface area contributed by atoms with Crippen LogP contribution < -0.4 is 14.8 Å². The smallest absolute Gasteiger partial charge is 0.256 e. The highest BCUT2D eigenvalue weighted by Gasteiger charge is 2.12. The zero-order chi connectivity index (χ0) is 19.2. The van der Waals surface area contributed by atoms with Gasteiger partial charge in [0.15, 0.2) is 11.5 Å². The number of carbonyl (C=O) groups excluding carboxylic acids is 1. The monoisotopic (exact) mass is 364 g/mol. The first-order valence-electron chi connectivity index (χ1n) is 8.83. The molecule has 3 rings (SSSR count). The number of methoxy groups -OCH3 is 1. The molecule has 0 saturated heterocycles. The minimum Gasteiger partial charge on any atom is -0.493 e. The minimum atomic E-state index is -0.156. The van der Waals surface area contributed by atoms with Crippen LogP contribution in [0.25, 0.3) is 10.8 Å². The lowest BCUT2D eigenvalue weighted by Gasteiger charge is -2.15. The van der Waals surface area contributed by atoms with Crippen LogP contribution in [0.5, 0.6) is 11.5 Å². The minimum absolute atomic E-state index is 0.156. The number of nitrogens with zero attached hydrogens (tertiary/aromatic N) is 1. The van der Waals surface area contributed by atoms with Gasteiger partial charge in [0.05, 0.1) is 7.11 Å². The Hall–Kier alpha value is -3.05. The average molecular weight is 364 g/mol. The molecule has 0 heterocycles. The van der Waals surface area contributed by atoms with E-state index in [0.29, 0.717) is 29.4 Å². The van der Waals surface area contributed by atoms with E-state index in [4.69, 9.17) is 9.47 Å². The summed E-state index contributed by atoms with van der Waals surface area (Å²) in [6.07, 6.45) is 0. The van der Waals surface area contributed by atoms with Crippen molar-refractivity contribution in [2.75, 3.05) is 39.7 Å². The number of hydrogen-bond acceptors (Lipinski definition) is 4. The molecule has 0 fully saturated rings. The molecule has 0 saturated carbocycles. The maximum absolute atomic E-state index is 12.8. The highest BCUT2D eigenvalue weighted by atomic mass is 16.5. The van der Waals surface area contributed by atoms with Crippen molar-refractivity contribution in [1.29, 1.82) is 0 Å².